The van der Waals surface area contributed by atoms with E-state index in [1.165, 1.54) is 18.9 Å². The van der Waals surface area contributed by atoms with Crippen molar-refractivity contribution in [1.29, 1.82) is 0 Å². The van der Waals surface area contributed by atoms with E-state index in [1.54, 1.807) is 12.1 Å². The Labute approximate surface area is 119 Å². The van der Waals surface area contributed by atoms with Crippen LogP contribution in [0.15, 0.2) is 23.1 Å². The quantitative estimate of drug-likeness (QED) is 0.572. The summed E-state index contributed by atoms with van der Waals surface area (Å²) in [6.45, 7) is 2.20. The van der Waals surface area contributed by atoms with Crippen molar-refractivity contribution in [3.8, 4) is 0 Å². The van der Waals surface area contributed by atoms with Gasteiger partial charge in [-0.25, -0.2) is 13.6 Å². The Bertz CT molecular complexity index is 570. The molecule has 0 radical (unpaired) electrons. The lowest BCUT2D eigenvalue weighted by Gasteiger charge is -2.20. The zero-order valence-electron chi connectivity index (χ0n) is 11.6. The molecule has 0 bridgehead atoms. The smallest absolute Gasteiger partial charge is 0.240 e. The minimum absolute atomic E-state index is 0.0420. The topological polar surface area (TPSA) is 98.6 Å². The first kappa shape index (κ1) is 15.1. The van der Waals surface area contributed by atoms with E-state index in [4.69, 9.17) is 15.6 Å². The molecule has 0 aromatic heterocycles. The van der Waals surface area contributed by atoms with Gasteiger partial charge in [0.15, 0.2) is 0 Å². The van der Waals surface area contributed by atoms with E-state index in [-0.39, 0.29) is 10.6 Å². The number of likely N-dealkylation sites (N-methyl/N-ethyl adjacent to an activating group) is 1. The number of ether oxygens (including phenoxy) is 1. The second-order valence-electron chi connectivity index (χ2n) is 5.21. The molecule has 112 valence electrons. The Hall–Kier alpha value is -1.31. The largest absolute Gasteiger partial charge is 0.398 e. The molecule has 0 unspecified atom stereocenters. The summed E-state index contributed by atoms with van der Waals surface area (Å²) in [4.78, 5) is 1.93. The minimum atomic E-state index is -3.77. The van der Waals surface area contributed by atoms with E-state index in [0.717, 1.165) is 24.8 Å². The summed E-state index contributed by atoms with van der Waals surface area (Å²) in [5, 5.41) is 5.07. The van der Waals surface area contributed by atoms with Crippen LogP contribution in [0.4, 0.5) is 11.4 Å². The number of rotatable bonds is 7. The first-order chi connectivity index (χ1) is 9.38. The van der Waals surface area contributed by atoms with Crippen molar-refractivity contribution >= 4 is 21.4 Å². The average molecular weight is 299 g/mol. The van der Waals surface area contributed by atoms with Crippen LogP contribution < -0.4 is 15.8 Å². The predicted molar refractivity (Wildman–Crippen MR) is 79.0 cm³/mol. The van der Waals surface area contributed by atoms with Gasteiger partial charge < -0.3 is 15.4 Å². The van der Waals surface area contributed by atoms with Crippen LogP contribution in [-0.4, -0.2) is 35.2 Å². The normalized spacial score (nSPS) is 15.3. The molecule has 1 saturated carbocycles. The van der Waals surface area contributed by atoms with Crippen LogP contribution in [0.2, 0.25) is 0 Å². The van der Waals surface area contributed by atoms with Crippen molar-refractivity contribution in [2.24, 2.45) is 11.1 Å². The number of nitrogens with two attached hydrogens (primary N) is 2. The predicted octanol–water partition coefficient (Wildman–Crippen LogP) is 0.779. The van der Waals surface area contributed by atoms with E-state index >= 15 is 0 Å². The van der Waals surface area contributed by atoms with Crippen LogP contribution in [0.3, 0.4) is 0 Å². The molecular formula is C13H21N3O3S. The van der Waals surface area contributed by atoms with Gasteiger partial charge in [-0.3, -0.25) is 0 Å². The molecule has 0 atom stereocenters. The van der Waals surface area contributed by atoms with Crippen LogP contribution >= 0.6 is 0 Å². The van der Waals surface area contributed by atoms with Crippen molar-refractivity contribution in [3.05, 3.63) is 18.2 Å². The summed E-state index contributed by atoms with van der Waals surface area (Å²) < 4.78 is 28.1. The third kappa shape index (κ3) is 4.09. The van der Waals surface area contributed by atoms with Gasteiger partial charge in [-0.15, -0.1) is 0 Å². The second-order valence-corrected chi connectivity index (χ2v) is 6.74. The Morgan fingerprint density at radius 3 is 2.65 bits per heavy atom. The van der Waals surface area contributed by atoms with Gasteiger partial charge in [0, 0.05) is 25.9 Å². The Morgan fingerprint density at radius 1 is 1.40 bits per heavy atom. The Balaban J connectivity index is 1.92. The monoisotopic (exact) mass is 299 g/mol. The highest BCUT2D eigenvalue weighted by Crippen LogP contribution is 2.28. The minimum Gasteiger partial charge on any atom is -0.398 e. The molecule has 6 nitrogen and oxygen atoms in total. The number of anilines is 2. The summed E-state index contributed by atoms with van der Waals surface area (Å²) in [7, 11) is -1.86. The summed E-state index contributed by atoms with van der Waals surface area (Å²) in [6.07, 6.45) is 2.56. The standard InChI is InChI=1S/C13H21N3O3S/c1-16(6-7-19-9-10-2-3-10)11-4-5-13(12(14)8-11)20(15,17)18/h4-5,8,10H,2-3,6-7,9,14H2,1H3,(H2,15,17,18). The molecule has 4 N–H and O–H groups in total. The maximum absolute atomic E-state index is 11.3. The Kier molecular flexibility index (Phi) is 4.52. The summed E-state index contributed by atoms with van der Waals surface area (Å²) >= 11 is 0. The highest BCUT2D eigenvalue weighted by atomic mass is 32.2. The molecule has 0 spiro atoms. The van der Waals surface area contributed by atoms with Crippen molar-refractivity contribution < 1.29 is 13.2 Å². The summed E-state index contributed by atoms with van der Waals surface area (Å²) in [6, 6.07) is 4.74. The molecule has 0 heterocycles. The van der Waals surface area contributed by atoms with E-state index in [2.05, 4.69) is 0 Å². The van der Waals surface area contributed by atoms with Crippen LogP contribution in [0, 0.1) is 5.92 Å². The average Bonchev–Trinajstić information content (AvgIpc) is 3.16. The summed E-state index contributed by atoms with van der Waals surface area (Å²) in [5.74, 6) is 0.755. The SMILES string of the molecule is CN(CCOCC1CC1)c1ccc(S(N)(=O)=O)c(N)c1. The first-order valence-electron chi connectivity index (χ1n) is 6.59. The molecular weight excluding hydrogens is 278 g/mol. The van der Waals surface area contributed by atoms with Crippen LogP contribution in [0.1, 0.15) is 12.8 Å². The highest BCUT2D eigenvalue weighted by Gasteiger charge is 2.21. The number of hydrogen-bond donors (Lipinski definition) is 2. The molecule has 1 aliphatic carbocycles. The van der Waals surface area contributed by atoms with Gasteiger partial charge in [0.05, 0.1) is 12.3 Å². The molecule has 7 heteroatoms. The van der Waals surface area contributed by atoms with Crippen LogP contribution in [0.5, 0.6) is 0 Å². The van der Waals surface area contributed by atoms with Crippen molar-refractivity contribution in [2.75, 3.05) is 37.4 Å². The molecule has 1 aliphatic rings. The molecule has 1 fully saturated rings. The molecule has 0 saturated heterocycles. The zero-order valence-corrected chi connectivity index (χ0v) is 12.4. The lowest BCUT2D eigenvalue weighted by atomic mass is 10.2. The van der Waals surface area contributed by atoms with Gasteiger partial charge in [0.2, 0.25) is 10.0 Å². The third-order valence-corrected chi connectivity index (χ3v) is 4.35. The van der Waals surface area contributed by atoms with Crippen molar-refractivity contribution in [2.45, 2.75) is 17.7 Å². The van der Waals surface area contributed by atoms with E-state index in [1.807, 2.05) is 11.9 Å². The first-order valence-corrected chi connectivity index (χ1v) is 8.14. The van der Waals surface area contributed by atoms with Gasteiger partial charge in [-0.05, 0) is 37.0 Å². The van der Waals surface area contributed by atoms with E-state index < -0.39 is 10.0 Å². The number of primary sulfonamides is 1. The fraction of sp³-hybridized carbons (Fsp3) is 0.538. The van der Waals surface area contributed by atoms with Gasteiger partial charge in [-0.1, -0.05) is 0 Å². The number of nitrogen functional groups attached to an aromatic ring is 1. The second kappa shape index (κ2) is 5.99. The maximum atomic E-state index is 11.3. The van der Waals surface area contributed by atoms with Gasteiger partial charge in [-0.2, -0.15) is 0 Å². The van der Waals surface area contributed by atoms with Gasteiger partial charge in [0.25, 0.3) is 0 Å². The number of benzene rings is 1. The lowest BCUT2D eigenvalue weighted by Crippen LogP contribution is -2.23. The van der Waals surface area contributed by atoms with Crippen molar-refractivity contribution in [1.82, 2.24) is 0 Å². The van der Waals surface area contributed by atoms with Gasteiger partial charge >= 0.3 is 0 Å². The molecule has 1 aromatic carbocycles. The molecule has 0 aliphatic heterocycles. The molecule has 1 aromatic rings. The molecule has 0 amide bonds. The number of nitrogens with zero attached hydrogens (tertiary/aromatic N) is 1. The van der Waals surface area contributed by atoms with E-state index in [9.17, 15) is 8.42 Å². The van der Waals surface area contributed by atoms with Crippen molar-refractivity contribution in [3.63, 3.8) is 0 Å². The highest BCUT2D eigenvalue weighted by molar-refractivity contribution is 7.89. The number of hydrogen-bond acceptors (Lipinski definition) is 5. The lowest BCUT2D eigenvalue weighted by molar-refractivity contribution is 0.131. The fourth-order valence-corrected chi connectivity index (χ4v) is 2.54. The van der Waals surface area contributed by atoms with Gasteiger partial charge in [0.1, 0.15) is 4.90 Å². The number of sulfonamides is 1. The molecule has 2 rings (SSSR count). The van der Waals surface area contributed by atoms with Crippen LogP contribution in [-0.2, 0) is 14.8 Å². The fourth-order valence-electron chi connectivity index (χ4n) is 1.90. The van der Waals surface area contributed by atoms with Crippen LogP contribution in [0.25, 0.3) is 0 Å². The zero-order chi connectivity index (χ0) is 14.8. The molecule has 20 heavy (non-hydrogen) atoms. The van der Waals surface area contributed by atoms with E-state index in [0.29, 0.717) is 6.61 Å². The maximum Gasteiger partial charge on any atom is 0.240 e. The summed E-state index contributed by atoms with van der Waals surface area (Å²) in [5.41, 5.74) is 6.73. The Morgan fingerprint density at radius 2 is 2.10 bits per heavy atom. The third-order valence-electron chi connectivity index (χ3n) is 3.36.